The van der Waals surface area contributed by atoms with Crippen LogP contribution < -0.4 is 10.6 Å². The minimum absolute atomic E-state index is 0.0254. The van der Waals surface area contributed by atoms with Crippen LogP contribution in [0.25, 0.3) is 0 Å². The Labute approximate surface area is 130 Å². The highest BCUT2D eigenvalue weighted by Gasteiger charge is 2.34. The van der Waals surface area contributed by atoms with E-state index in [0.717, 1.165) is 46.0 Å². The molecule has 3 nitrogen and oxygen atoms in total. The zero-order chi connectivity index (χ0) is 14.0. The maximum Gasteiger partial charge on any atom is 0.244 e. The first-order chi connectivity index (χ1) is 8.92. The molecule has 1 amide bonds. The Morgan fingerprint density at radius 2 is 1.95 bits per heavy atom. The number of aryl methyl sites for hydroxylation is 1. The van der Waals surface area contributed by atoms with E-state index in [1.54, 1.807) is 0 Å². The molecule has 1 aliphatic rings. The molecule has 0 spiro atoms. The van der Waals surface area contributed by atoms with Crippen molar-refractivity contribution in [3.8, 4) is 0 Å². The number of hydrogen-bond acceptors (Lipinski definition) is 2. The summed E-state index contributed by atoms with van der Waals surface area (Å²) < 4.78 is 1.79. The van der Waals surface area contributed by atoms with E-state index >= 15 is 0 Å². The van der Waals surface area contributed by atoms with Crippen molar-refractivity contribution in [1.82, 2.24) is 5.32 Å². The first-order valence-electron chi connectivity index (χ1n) is 6.44. The quantitative estimate of drug-likeness (QED) is 0.802. The predicted octanol–water partition coefficient (Wildman–Crippen LogP) is 3.99. The minimum atomic E-state index is -0.470. The van der Waals surface area contributed by atoms with Crippen LogP contribution in [0.3, 0.4) is 0 Å². The summed E-state index contributed by atoms with van der Waals surface area (Å²) in [6.45, 7) is 4.89. The molecule has 1 aromatic carbocycles. The highest BCUT2D eigenvalue weighted by atomic mass is 79.9. The Balaban J connectivity index is 2.19. The molecule has 0 aliphatic carbocycles. The highest BCUT2D eigenvalue weighted by Crippen LogP contribution is 2.33. The zero-order valence-corrected chi connectivity index (χ0v) is 14.3. The average molecular weight is 390 g/mol. The van der Waals surface area contributed by atoms with Crippen molar-refractivity contribution in [2.75, 3.05) is 11.9 Å². The van der Waals surface area contributed by atoms with Gasteiger partial charge in [-0.2, -0.15) is 0 Å². The van der Waals surface area contributed by atoms with Crippen LogP contribution in [-0.2, 0) is 4.79 Å². The van der Waals surface area contributed by atoms with Crippen LogP contribution >= 0.6 is 31.9 Å². The van der Waals surface area contributed by atoms with E-state index in [1.807, 2.05) is 26.0 Å². The molecule has 2 N–H and O–H groups in total. The van der Waals surface area contributed by atoms with Gasteiger partial charge >= 0.3 is 0 Å². The van der Waals surface area contributed by atoms with E-state index in [0.29, 0.717) is 0 Å². The maximum atomic E-state index is 12.5. The molecule has 1 unspecified atom stereocenters. The van der Waals surface area contributed by atoms with Crippen molar-refractivity contribution in [2.45, 2.75) is 38.6 Å². The lowest BCUT2D eigenvalue weighted by Gasteiger charge is -2.33. The second-order valence-corrected chi connectivity index (χ2v) is 6.98. The van der Waals surface area contributed by atoms with E-state index < -0.39 is 5.54 Å². The molecule has 0 saturated carbocycles. The Morgan fingerprint density at radius 1 is 1.32 bits per heavy atom. The maximum absolute atomic E-state index is 12.5. The number of benzene rings is 1. The van der Waals surface area contributed by atoms with Gasteiger partial charge in [0.15, 0.2) is 0 Å². The third kappa shape index (κ3) is 3.38. The van der Waals surface area contributed by atoms with Gasteiger partial charge in [0.25, 0.3) is 0 Å². The molecule has 1 atom stereocenters. The van der Waals surface area contributed by atoms with Gasteiger partial charge in [-0.15, -0.1) is 0 Å². The Kier molecular flexibility index (Phi) is 4.69. The SMILES string of the molecule is Cc1cc(Br)c(NC(=O)C2(C)CCCCN2)c(Br)c1. The van der Waals surface area contributed by atoms with Gasteiger partial charge in [0, 0.05) is 8.95 Å². The first-order valence-corrected chi connectivity index (χ1v) is 8.03. The minimum Gasteiger partial charge on any atom is -0.323 e. The van der Waals surface area contributed by atoms with E-state index in [1.165, 1.54) is 0 Å². The third-order valence-corrected chi connectivity index (χ3v) is 4.80. The number of halogens is 2. The third-order valence-electron chi connectivity index (χ3n) is 3.54. The van der Waals surface area contributed by atoms with E-state index in [9.17, 15) is 4.79 Å². The number of anilines is 1. The molecular formula is C14H18Br2N2O. The van der Waals surface area contributed by atoms with Crippen molar-refractivity contribution in [1.29, 1.82) is 0 Å². The van der Waals surface area contributed by atoms with Crippen LogP contribution in [0.5, 0.6) is 0 Å². The summed E-state index contributed by atoms with van der Waals surface area (Å²) in [5.74, 6) is 0.0254. The zero-order valence-electron chi connectivity index (χ0n) is 11.1. The smallest absolute Gasteiger partial charge is 0.244 e. The summed E-state index contributed by atoms with van der Waals surface area (Å²) in [4.78, 5) is 12.5. The lowest BCUT2D eigenvalue weighted by Crippen LogP contribution is -2.54. The molecule has 19 heavy (non-hydrogen) atoms. The normalized spacial score (nSPS) is 23.2. The molecule has 2 rings (SSSR count). The summed E-state index contributed by atoms with van der Waals surface area (Å²) >= 11 is 7.01. The van der Waals surface area contributed by atoms with E-state index in [4.69, 9.17) is 0 Å². The van der Waals surface area contributed by atoms with Crippen LogP contribution in [-0.4, -0.2) is 18.0 Å². The molecule has 1 heterocycles. The van der Waals surface area contributed by atoms with Crippen molar-refractivity contribution < 1.29 is 4.79 Å². The molecule has 1 aromatic rings. The lowest BCUT2D eigenvalue weighted by atomic mass is 9.90. The van der Waals surface area contributed by atoms with Crippen molar-refractivity contribution >= 4 is 43.5 Å². The van der Waals surface area contributed by atoms with Gasteiger partial charge in [-0.05, 0) is 89.2 Å². The van der Waals surface area contributed by atoms with Gasteiger partial charge in [-0.1, -0.05) is 0 Å². The summed E-state index contributed by atoms with van der Waals surface area (Å²) in [6, 6.07) is 3.99. The Hall–Kier alpha value is -0.390. The number of carbonyl (C=O) groups excluding carboxylic acids is 1. The summed E-state index contributed by atoms with van der Waals surface area (Å²) in [5.41, 5.74) is 1.46. The van der Waals surface area contributed by atoms with Crippen LogP contribution in [0.15, 0.2) is 21.1 Å². The molecule has 1 saturated heterocycles. The molecule has 5 heteroatoms. The van der Waals surface area contributed by atoms with Crippen LogP contribution in [0.1, 0.15) is 31.7 Å². The fraction of sp³-hybridized carbons (Fsp3) is 0.500. The fourth-order valence-electron chi connectivity index (χ4n) is 2.32. The Bertz CT molecular complexity index is 473. The summed E-state index contributed by atoms with van der Waals surface area (Å²) in [5, 5.41) is 6.34. The van der Waals surface area contributed by atoms with Gasteiger partial charge in [0.1, 0.15) is 0 Å². The molecule has 1 aliphatic heterocycles. The number of hydrogen-bond donors (Lipinski definition) is 2. The second kappa shape index (κ2) is 5.94. The number of carbonyl (C=O) groups is 1. The standard InChI is InChI=1S/C14H18Br2N2O/c1-9-7-10(15)12(11(16)8-9)18-13(19)14(2)5-3-4-6-17-14/h7-8,17H,3-6H2,1-2H3,(H,18,19). The summed E-state index contributed by atoms with van der Waals surface area (Å²) in [7, 11) is 0. The predicted molar refractivity (Wildman–Crippen MR) is 85.5 cm³/mol. The topological polar surface area (TPSA) is 41.1 Å². The number of rotatable bonds is 2. The molecule has 0 bridgehead atoms. The van der Waals surface area contributed by atoms with Gasteiger partial charge in [-0.25, -0.2) is 0 Å². The van der Waals surface area contributed by atoms with Gasteiger partial charge in [0.05, 0.1) is 11.2 Å². The highest BCUT2D eigenvalue weighted by molar-refractivity contribution is 9.11. The van der Waals surface area contributed by atoms with E-state index in [-0.39, 0.29) is 5.91 Å². The second-order valence-electron chi connectivity index (χ2n) is 5.27. The largest absolute Gasteiger partial charge is 0.323 e. The lowest BCUT2D eigenvalue weighted by molar-refractivity contribution is -0.122. The fourth-order valence-corrected chi connectivity index (χ4v) is 3.93. The van der Waals surface area contributed by atoms with Crippen molar-refractivity contribution in [3.63, 3.8) is 0 Å². The van der Waals surface area contributed by atoms with Gasteiger partial charge in [0.2, 0.25) is 5.91 Å². The Morgan fingerprint density at radius 3 is 2.47 bits per heavy atom. The van der Waals surface area contributed by atoms with Gasteiger partial charge < -0.3 is 10.6 Å². The molecule has 0 radical (unpaired) electrons. The first kappa shape index (κ1) is 15.0. The van der Waals surface area contributed by atoms with Crippen molar-refractivity contribution in [3.05, 3.63) is 26.6 Å². The summed E-state index contributed by atoms with van der Waals surface area (Å²) in [6.07, 6.45) is 3.11. The number of nitrogens with one attached hydrogen (secondary N) is 2. The van der Waals surface area contributed by atoms with Crippen LogP contribution in [0.4, 0.5) is 5.69 Å². The monoisotopic (exact) mass is 388 g/mol. The average Bonchev–Trinajstić information content (AvgIpc) is 2.34. The molecule has 1 fully saturated rings. The molecular weight excluding hydrogens is 372 g/mol. The number of amides is 1. The van der Waals surface area contributed by atoms with Crippen LogP contribution in [0, 0.1) is 6.92 Å². The molecule has 104 valence electrons. The van der Waals surface area contributed by atoms with E-state index in [2.05, 4.69) is 42.5 Å². The number of piperidine rings is 1. The van der Waals surface area contributed by atoms with Crippen LogP contribution in [0.2, 0.25) is 0 Å². The molecule has 0 aromatic heterocycles. The van der Waals surface area contributed by atoms with Gasteiger partial charge in [-0.3, -0.25) is 4.79 Å². The van der Waals surface area contributed by atoms with Crippen molar-refractivity contribution in [2.24, 2.45) is 0 Å².